The lowest BCUT2D eigenvalue weighted by atomic mass is 10.1. The van der Waals surface area contributed by atoms with Gasteiger partial charge in [0.2, 0.25) is 12.7 Å². The van der Waals surface area contributed by atoms with E-state index in [0.717, 1.165) is 22.4 Å². The molecule has 0 radical (unpaired) electrons. The van der Waals surface area contributed by atoms with Gasteiger partial charge in [-0.1, -0.05) is 49.5 Å². The SMILES string of the molecule is CC[C@H](C)CN(CC(=O)N(Cc1ccc2c(c1)OCO2)Cc1sccc1C)C(=O)c1ccc(Cl)c(Cl)c1. The number of aryl methyl sites for hydroxylation is 1. The van der Waals surface area contributed by atoms with Gasteiger partial charge in [-0.05, 0) is 65.7 Å². The van der Waals surface area contributed by atoms with Crippen molar-refractivity contribution in [3.05, 3.63) is 79.5 Å². The van der Waals surface area contributed by atoms with Crippen LogP contribution in [0.1, 0.15) is 46.6 Å². The Balaban J connectivity index is 1.59. The molecule has 2 aromatic carbocycles. The Morgan fingerprint density at radius 3 is 2.49 bits per heavy atom. The maximum atomic E-state index is 13.8. The van der Waals surface area contributed by atoms with Gasteiger partial charge in [0.1, 0.15) is 6.54 Å². The number of hydrogen-bond acceptors (Lipinski definition) is 5. The molecule has 4 rings (SSSR count). The summed E-state index contributed by atoms with van der Waals surface area (Å²) in [5.74, 6) is 1.21. The van der Waals surface area contributed by atoms with Crippen molar-refractivity contribution in [3.63, 3.8) is 0 Å². The predicted octanol–water partition coefficient (Wildman–Crippen LogP) is 6.81. The molecule has 0 unspecified atom stereocenters. The van der Waals surface area contributed by atoms with Crippen LogP contribution in [0.3, 0.4) is 0 Å². The first-order chi connectivity index (χ1) is 17.7. The molecule has 196 valence electrons. The van der Waals surface area contributed by atoms with Crippen LogP contribution in [0.15, 0.2) is 47.8 Å². The van der Waals surface area contributed by atoms with E-state index in [1.54, 1.807) is 39.3 Å². The summed E-state index contributed by atoms with van der Waals surface area (Å²) in [5.41, 5.74) is 2.47. The van der Waals surface area contributed by atoms with E-state index in [1.165, 1.54) is 0 Å². The highest BCUT2D eigenvalue weighted by molar-refractivity contribution is 7.10. The van der Waals surface area contributed by atoms with Crippen LogP contribution in [0, 0.1) is 12.8 Å². The maximum absolute atomic E-state index is 13.8. The molecule has 1 aliphatic heterocycles. The van der Waals surface area contributed by atoms with E-state index < -0.39 is 0 Å². The summed E-state index contributed by atoms with van der Waals surface area (Å²) in [4.78, 5) is 31.8. The Morgan fingerprint density at radius 1 is 1.00 bits per heavy atom. The first-order valence-electron chi connectivity index (χ1n) is 12.2. The normalized spacial score (nSPS) is 12.9. The lowest BCUT2D eigenvalue weighted by molar-refractivity contribution is -0.133. The number of rotatable bonds is 10. The average molecular weight is 562 g/mol. The summed E-state index contributed by atoms with van der Waals surface area (Å²) in [5, 5.41) is 2.71. The van der Waals surface area contributed by atoms with Crippen LogP contribution in [0.4, 0.5) is 0 Å². The lowest BCUT2D eigenvalue weighted by Gasteiger charge is -2.29. The van der Waals surface area contributed by atoms with E-state index in [2.05, 4.69) is 13.8 Å². The standard InChI is InChI=1S/C28H30Cl2N2O4S/c1-4-18(2)13-32(28(34)21-6-7-22(29)23(30)12-21)16-27(33)31(15-26-19(3)9-10-37-26)14-20-5-8-24-25(11-20)36-17-35-24/h5-12,18H,4,13-17H2,1-3H3/t18-/m0/s1. The molecule has 2 amide bonds. The molecule has 0 saturated carbocycles. The molecular weight excluding hydrogens is 531 g/mol. The minimum atomic E-state index is -0.248. The molecule has 0 aliphatic carbocycles. The van der Waals surface area contributed by atoms with Gasteiger partial charge in [-0.15, -0.1) is 11.3 Å². The fourth-order valence-corrected chi connectivity index (χ4v) is 5.25. The summed E-state index contributed by atoms with van der Waals surface area (Å²) in [6, 6.07) is 12.6. The average Bonchev–Trinajstić information content (AvgIpc) is 3.52. The third kappa shape index (κ3) is 6.78. The molecule has 0 bridgehead atoms. The monoisotopic (exact) mass is 560 g/mol. The number of nitrogens with zero attached hydrogens (tertiary/aromatic N) is 2. The first-order valence-corrected chi connectivity index (χ1v) is 13.8. The van der Waals surface area contributed by atoms with Crippen molar-refractivity contribution in [2.24, 2.45) is 5.92 Å². The largest absolute Gasteiger partial charge is 0.454 e. The molecule has 37 heavy (non-hydrogen) atoms. The van der Waals surface area contributed by atoms with Crippen LogP contribution in [0.25, 0.3) is 0 Å². The van der Waals surface area contributed by atoms with Gasteiger partial charge in [0.15, 0.2) is 11.5 Å². The Kier molecular flexibility index (Phi) is 9.00. The van der Waals surface area contributed by atoms with Crippen molar-refractivity contribution in [1.82, 2.24) is 9.80 Å². The minimum absolute atomic E-state index is 0.0433. The second-order valence-corrected chi connectivity index (χ2v) is 11.1. The lowest BCUT2D eigenvalue weighted by Crippen LogP contribution is -2.44. The van der Waals surface area contributed by atoms with Gasteiger partial charge in [-0.3, -0.25) is 9.59 Å². The minimum Gasteiger partial charge on any atom is -0.454 e. The third-order valence-electron chi connectivity index (χ3n) is 6.47. The van der Waals surface area contributed by atoms with Gasteiger partial charge in [0, 0.05) is 23.5 Å². The summed E-state index contributed by atoms with van der Waals surface area (Å²) < 4.78 is 11.0. The predicted molar refractivity (Wildman–Crippen MR) is 148 cm³/mol. The van der Waals surface area contributed by atoms with E-state index >= 15 is 0 Å². The van der Waals surface area contributed by atoms with E-state index in [1.807, 2.05) is 36.6 Å². The Labute approximate surface area is 231 Å². The van der Waals surface area contributed by atoms with Crippen LogP contribution >= 0.6 is 34.5 Å². The highest BCUT2D eigenvalue weighted by atomic mass is 35.5. The fourth-order valence-electron chi connectivity index (χ4n) is 4.03. The van der Waals surface area contributed by atoms with Crippen molar-refractivity contribution in [1.29, 1.82) is 0 Å². The topological polar surface area (TPSA) is 59.1 Å². The van der Waals surface area contributed by atoms with Gasteiger partial charge in [0.05, 0.1) is 16.6 Å². The van der Waals surface area contributed by atoms with Gasteiger partial charge in [-0.2, -0.15) is 0 Å². The molecule has 0 fully saturated rings. The number of hydrogen-bond donors (Lipinski definition) is 0. The summed E-state index contributed by atoms with van der Waals surface area (Å²) in [6.45, 7) is 7.61. The second-order valence-electron chi connectivity index (χ2n) is 9.29. The van der Waals surface area contributed by atoms with E-state index in [9.17, 15) is 9.59 Å². The number of carbonyl (C=O) groups is 2. The van der Waals surface area contributed by atoms with Gasteiger partial charge in [0.25, 0.3) is 5.91 Å². The van der Waals surface area contributed by atoms with Gasteiger partial charge in [-0.25, -0.2) is 0 Å². The number of benzene rings is 2. The van der Waals surface area contributed by atoms with Gasteiger partial charge < -0.3 is 19.3 Å². The number of thiophene rings is 1. The second kappa shape index (κ2) is 12.2. The first kappa shape index (κ1) is 27.3. The molecular formula is C28H30Cl2N2O4S. The van der Waals surface area contributed by atoms with E-state index in [0.29, 0.717) is 46.7 Å². The van der Waals surface area contributed by atoms with Crippen molar-refractivity contribution in [2.75, 3.05) is 19.9 Å². The van der Waals surface area contributed by atoms with Crippen molar-refractivity contribution < 1.29 is 19.1 Å². The number of amides is 2. The molecule has 1 aliphatic rings. The molecule has 3 aromatic rings. The Hall–Kier alpha value is -2.74. The van der Waals surface area contributed by atoms with E-state index in [-0.39, 0.29) is 31.1 Å². The number of halogens is 2. The molecule has 1 aromatic heterocycles. The van der Waals surface area contributed by atoms with Crippen molar-refractivity contribution in [3.8, 4) is 11.5 Å². The van der Waals surface area contributed by atoms with Crippen molar-refractivity contribution >= 4 is 46.4 Å². The van der Waals surface area contributed by atoms with Gasteiger partial charge >= 0.3 is 0 Å². The third-order valence-corrected chi connectivity index (χ3v) is 8.22. The molecule has 2 heterocycles. The highest BCUT2D eigenvalue weighted by Gasteiger charge is 2.25. The van der Waals surface area contributed by atoms with Crippen LogP contribution in [0.5, 0.6) is 11.5 Å². The zero-order valence-corrected chi connectivity index (χ0v) is 23.5. The number of fused-ring (bicyclic) bond motifs is 1. The van der Waals surface area contributed by atoms with E-state index in [4.69, 9.17) is 32.7 Å². The summed E-state index contributed by atoms with van der Waals surface area (Å²) in [6.07, 6.45) is 0.884. The molecule has 9 heteroatoms. The smallest absolute Gasteiger partial charge is 0.254 e. The van der Waals surface area contributed by atoms with Crippen LogP contribution in [-0.4, -0.2) is 41.5 Å². The molecule has 0 N–H and O–H groups in total. The zero-order valence-electron chi connectivity index (χ0n) is 21.1. The van der Waals surface area contributed by atoms with Crippen LogP contribution < -0.4 is 9.47 Å². The number of ether oxygens (including phenoxy) is 2. The quantitative estimate of drug-likeness (QED) is 0.273. The fraction of sp³-hybridized carbons (Fsp3) is 0.357. The van der Waals surface area contributed by atoms with Crippen LogP contribution in [0.2, 0.25) is 10.0 Å². The zero-order chi connectivity index (χ0) is 26.5. The molecule has 0 saturated heterocycles. The highest BCUT2D eigenvalue weighted by Crippen LogP contribution is 2.33. The summed E-state index contributed by atoms with van der Waals surface area (Å²) in [7, 11) is 0. The molecule has 6 nitrogen and oxygen atoms in total. The Bertz CT molecular complexity index is 1280. The molecule has 0 spiro atoms. The van der Waals surface area contributed by atoms with Crippen molar-refractivity contribution in [2.45, 2.75) is 40.3 Å². The van der Waals surface area contributed by atoms with Crippen LogP contribution in [-0.2, 0) is 17.9 Å². The molecule has 1 atom stereocenters. The maximum Gasteiger partial charge on any atom is 0.254 e. The number of carbonyl (C=O) groups excluding carboxylic acids is 2. The Morgan fingerprint density at radius 2 is 1.78 bits per heavy atom. The summed E-state index contributed by atoms with van der Waals surface area (Å²) >= 11 is 13.9.